The molecule has 0 spiro atoms. The number of nitrogens with one attached hydrogen (secondary N) is 1. The Labute approximate surface area is 125 Å². The summed E-state index contributed by atoms with van der Waals surface area (Å²) >= 11 is 1.71. The van der Waals surface area contributed by atoms with Gasteiger partial charge < -0.3 is 5.32 Å². The second-order valence-electron chi connectivity index (χ2n) is 5.63. The van der Waals surface area contributed by atoms with Crippen molar-refractivity contribution in [1.82, 2.24) is 14.7 Å². The zero-order chi connectivity index (χ0) is 14.7. The second-order valence-corrected chi connectivity index (χ2v) is 6.46. The van der Waals surface area contributed by atoms with Crippen molar-refractivity contribution in [3.8, 4) is 0 Å². The highest BCUT2D eigenvalue weighted by Crippen LogP contribution is 2.23. The van der Waals surface area contributed by atoms with E-state index < -0.39 is 0 Å². The van der Waals surface area contributed by atoms with Gasteiger partial charge in [0.25, 0.3) is 0 Å². The topological polar surface area (TPSA) is 29.3 Å². The fourth-order valence-electron chi connectivity index (χ4n) is 2.30. The Morgan fingerprint density at radius 1 is 1.45 bits per heavy atom. The molecular formula is C16H25N3S. The predicted molar refractivity (Wildman–Crippen MR) is 88.5 cm³/mol. The van der Waals surface area contributed by atoms with Gasteiger partial charge >= 0.3 is 0 Å². The molecule has 2 heterocycles. The average Bonchev–Trinajstić information content (AvgIpc) is 2.89. The molecule has 3 nitrogen and oxygen atoms in total. The van der Waals surface area contributed by atoms with Crippen LogP contribution >= 0.6 is 11.3 Å². The molecule has 0 radical (unpaired) electrons. The molecule has 0 amide bonds. The number of rotatable bonds is 6. The summed E-state index contributed by atoms with van der Waals surface area (Å²) in [5, 5.41) is 5.68. The maximum Gasteiger partial charge on any atom is 0.194 e. The molecule has 20 heavy (non-hydrogen) atoms. The number of hydrogen-bond donors (Lipinski definition) is 1. The first-order valence-corrected chi connectivity index (χ1v) is 8.26. The summed E-state index contributed by atoms with van der Waals surface area (Å²) in [4.78, 5) is 5.75. The van der Waals surface area contributed by atoms with E-state index in [2.05, 4.69) is 60.8 Å². The molecule has 0 aliphatic heterocycles. The highest BCUT2D eigenvalue weighted by molar-refractivity contribution is 7.15. The van der Waals surface area contributed by atoms with E-state index in [1.807, 2.05) is 0 Å². The third-order valence-corrected chi connectivity index (χ3v) is 4.52. The average molecular weight is 291 g/mol. The lowest BCUT2D eigenvalue weighted by Crippen LogP contribution is -2.20. The van der Waals surface area contributed by atoms with Crippen LogP contribution in [0.4, 0.5) is 0 Å². The van der Waals surface area contributed by atoms with E-state index in [9.17, 15) is 0 Å². The van der Waals surface area contributed by atoms with Crippen molar-refractivity contribution in [2.75, 3.05) is 13.1 Å². The van der Waals surface area contributed by atoms with E-state index in [1.54, 1.807) is 11.3 Å². The Balaban J connectivity index is 2.37. The van der Waals surface area contributed by atoms with Gasteiger partial charge in [-0.3, -0.25) is 4.40 Å². The number of aryl methyl sites for hydroxylation is 2. The number of nitrogens with zero attached hydrogens (tertiary/aromatic N) is 2. The standard InChI is InChI=1S/C16H25N3S/c1-6-7-17-9-14(11(2)3)8-15-13(5)18-16-19(15)12(4)10-20-16/h8,10-11,17H,6-7,9H2,1-5H3. The Bertz CT molecular complexity index is 605. The molecule has 0 aromatic carbocycles. The first kappa shape index (κ1) is 15.3. The van der Waals surface area contributed by atoms with Crippen LogP contribution < -0.4 is 5.32 Å². The molecule has 110 valence electrons. The minimum Gasteiger partial charge on any atom is -0.313 e. The molecule has 0 saturated heterocycles. The highest BCUT2D eigenvalue weighted by atomic mass is 32.1. The molecule has 2 rings (SSSR count). The summed E-state index contributed by atoms with van der Waals surface area (Å²) < 4.78 is 2.27. The first-order valence-electron chi connectivity index (χ1n) is 7.39. The van der Waals surface area contributed by atoms with Gasteiger partial charge in [0.15, 0.2) is 4.96 Å². The van der Waals surface area contributed by atoms with Crippen LogP contribution in [-0.2, 0) is 0 Å². The molecular weight excluding hydrogens is 266 g/mol. The zero-order valence-corrected chi connectivity index (χ0v) is 14.0. The molecule has 1 N–H and O–H groups in total. The smallest absolute Gasteiger partial charge is 0.194 e. The minimum absolute atomic E-state index is 0.545. The van der Waals surface area contributed by atoms with Gasteiger partial charge in [0.05, 0.1) is 11.4 Å². The summed E-state index contributed by atoms with van der Waals surface area (Å²) in [5.41, 5.74) is 5.06. The molecule has 0 aliphatic carbocycles. The number of fused-ring (bicyclic) bond motifs is 1. The van der Waals surface area contributed by atoms with E-state index in [0.29, 0.717) is 5.92 Å². The van der Waals surface area contributed by atoms with Crippen molar-refractivity contribution < 1.29 is 0 Å². The third kappa shape index (κ3) is 3.13. The van der Waals surface area contributed by atoms with E-state index in [4.69, 9.17) is 0 Å². The predicted octanol–water partition coefficient (Wildman–Crippen LogP) is 4.05. The van der Waals surface area contributed by atoms with Crippen molar-refractivity contribution in [3.05, 3.63) is 28.0 Å². The van der Waals surface area contributed by atoms with Crippen LogP contribution in [0.5, 0.6) is 0 Å². The van der Waals surface area contributed by atoms with Crippen LogP contribution in [0.2, 0.25) is 0 Å². The van der Waals surface area contributed by atoms with Gasteiger partial charge in [0.1, 0.15) is 0 Å². The first-order chi connectivity index (χ1) is 9.54. The minimum atomic E-state index is 0.545. The number of aromatic nitrogens is 2. The second kappa shape index (κ2) is 6.55. The lowest BCUT2D eigenvalue weighted by atomic mass is 10.0. The van der Waals surface area contributed by atoms with E-state index in [0.717, 1.165) is 23.7 Å². The fraction of sp³-hybridized carbons (Fsp3) is 0.562. The molecule has 0 bridgehead atoms. The normalized spacial score (nSPS) is 12.8. The molecule has 0 atom stereocenters. The van der Waals surface area contributed by atoms with Crippen LogP contribution in [0.15, 0.2) is 11.0 Å². The van der Waals surface area contributed by atoms with Gasteiger partial charge in [0.2, 0.25) is 0 Å². The van der Waals surface area contributed by atoms with Crippen molar-refractivity contribution in [2.24, 2.45) is 5.92 Å². The Morgan fingerprint density at radius 3 is 2.85 bits per heavy atom. The van der Waals surface area contributed by atoms with Gasteiger partial charge in [-0.2, -0.15) is 0 Å². The van der Waals surface area contributed by atoms with E-state index in [-0.39, 0.29) is 0 Å². The Morgan fingerprint density at radius 2 is 2.20 bits per heavy atom. The summed E-state index contributed by atoms with van der Waals surface area (Å²) in [5.74, 6) is 0.545. The van der Waals surface area contributed by atoms with Crippen LogP contribution in [0.1, 0.15) is 44.3 Å². The maximum atomic E-state index is 4.66. The largest absolute Gasteiger partial charge is 0.313 e. The fourth-order valence-corrected chi connectivity index (χ4v) is 3.22. The quantitative estimate of drug-likeness (QED) is 0.814. The summed E-state index contributed by atoms with van der Waals surface area (Å²) in [6.45, 7) is 13.0. The van der Waals surface area contributed by atoms with Crippen LogP contribution in [-0.4, -0.2) is 22.5 Å². The van der Waals surface area contributed by atoms with Crippen molar-refractivity contribution in [2.45, 2.75) is 41.0 Å². The number of hydrogen-bond acceptors (Lipinski definition) is 3. The van der Waals surface area contributed by atoms with Crippen LogP contribution in [0.3, 0.4) is 0 Å². The molecule has 0 aliphatic rings. The van der Waals surface area contributed by atoms with Gasteiger partial charge in [-0.25, -0.2) is 4.98 Å². The van der Waals surface area contributed by atoms with Gasteiger partial charge in [-0.1, -0.05) is 26.3 Å². The Hall–Kier alpha value is -1.13. The molecule has 2 aromatic rings. The molecule has 0 unspecified atom stereocenters. The maximum absolute atomic E-state index is 4.66. The molecule has 2 aromatic heterocycles. The summed E-state index contributed by atoms with van der Waals surface area (Å²) in [6.07, 6.45) is 3.49. The lowest BCUT2D eigenvalue weighted by Gasteiger charge is -2.13. The van der Waals surface area contributed by atoms with Gasteiger partial charge in [0, 0.05) is 17.6 Å². The van der Waals surface area contributed by atoms with Crippen molar-refractivity contribution in [1.29, 1.82) is 0 Å². The van der Waals surface area contributed by atoms with Crippen LogP contribution in [0.25, 0.3) is 11.0 Å². The monoisotopic (exact) mass is 291 g/mol. The van der Waals surface area contributed by atoms with E-state index in [1.165, 1.54) is 23.4 Å². The van der Waals surface area contributed by atoms with Gasteiger partial charge in [-0.15, -0.1) is 11.3 Å². The molecule has 0 fully saturated rings. The highest BCUT2D eigenvalue weighted by Gasteiger charge is 2.12. The van der Waals surface area contributed by atoms with Crippen molar-refractivity contribution >= 4 is 22.4 Å². The molecule has 4 heteroatoms. The Kier molecular flexibility index (Phi) is 5.00. The summed E-state index contributed by atoms with van der Waals surface area (Å²) in [6, 6.07) is 0. The lowest BCUT2D eigenvalue weighted by molar-refractivity contribution is 0.656. The van der Waals surface area contributed by atoms with Gasteiger partial charge in [-0.05, 0) is 38.8 Å². The molecule has 0 saturated carbocycles. The summed E-state index contributed by atoms with van der Waals surface area (Å²) in [7, 11) is 0. The van der Waals surface area contributed by atoms with Crippen LogP contribution in [0, 0.1) is 19.8 Å². The third-order valence-electron chi connectivity index (χ3n) is 3.57. The van der Waals surface area contributed by atoms with Crippen molar-refractivity contribution in [3.63, 3.8) is 0 Å². The number of imidazole rings is 1. The SMILES string of the molecule is CCCNCC(=Cc1c(C)nc2scc(C)n12)C(C)C. The zero-order valence-electron chi connectivity index (χ0n) is 13.2. The number of thiazole rings is 1. The van der Waals surface area contributed by atoms with E-state index >= 15 is 0 Å².